The summed E-state index contributed by atoms with van der Waals surface area (Å²) in [5.74, 6) is -0.106. The molecule has 2 aromatic carbocycles. The summed E-state index contributed by atoms with van der Waals surface area (Å²) in [5, 5.41) is 3.66. The lowest BCUT2D eigenvalue weighted by molar-refractivity contribution is -0.139. The number of halogens is 1. The van der Waals surface area contributed by atoms with Crippen molar-refractivity contribution in [3.8, 4) is 16.9 Å². The molecule has 0 saturated carbocycles. The lowest BCUT2D eigenvalue weighted by Gasteiger charge is -2.34. The maximum atomic E-state index is 13.6. The van der Waals surface area contributed by atoms with Crippen LogP contribution >= 0.6 is 11.6 Å². The van der Waals surface area contributed by atoms with E-state index in [1.165, 1.54) is 7.11 Å². The fraction of sp³-hybridized carbons (Fsp3) is 0.333. The second kappa shape index (κ2) is 12.8. The Hall–Kier alpha value is -4.17. The van der Waals surface area contributed by atoms with Crippen LogP contribution in [0.3, 0.4) is 0 Å². The Labute approximate surface area is 250 Å². The van der Waals surface area contributed by atoms with Crippen molar-refractivity contribution in [1.82, 2.24) is 9.88 Å². The van der Waals surface area contributed by atoms with E-state index in [-0.39, 0.29) is 36.2 Å². The highest BCUT2D eigenvalue weighted by Gasteiger charge is 2.30. The van der Waals surface area contributed by atoms with Crippen LogP contribution in [-0.4, -0.2) is 48.4 Å². The number of hydrogen-bond acceptors (Lipinski definition) is 6. The fourth-order valence-electron chi connectivity index (χ4n) is 5.67. The van der Waals surface area contributed by atoms with E-state index in [1.54, 1.807) is 25.4 Å². The van der Waals surface area contributed by atoms with Gasteiger partial charge in [-0.1, -0.05) is 37.1 Å². The first-order valence-corrected chi connectivity index (χ1v) is 14.5. The van der Waals surface area contributed by atoms with Gasteiger partial charge >= 0.3 is 5.97 Å². The minimum atomic E-state index is -0.353. The number of hydrogen-bond donors (Lipinski definition) is 1. The van der Waals surface area contributed by atoms with Crippen LogP contribution in [0.2, 0.25) is 5.02 Å². The van der Waals surface area contributed by atoms with Gasteiger partial charge in [0.05, 0.1) is 32.4 Å². The van der Waals surface area contributed by atoms with Crippen LogP contribution in [0.4, 0.5) is 5.69 Å². The molecule has 9 heteroatoms. The summed E-state index contributed by atoms with van der Waals surface area (Å²) < 4.78 is 10.4. The molecular weight excluding hydrogens is 554 g/mol. The molecule has 0 radical (unpaired) electrons. The highest BCUT2D eigenvalue weighted by molar-refractivity contribution is 6.30. The molecule has 2 bridgehead atoms. The van der Waals surface area contributed by atoms with Crippen LogP contribution in [0.15, 0.2) is 60.8 Å². The topological polar surface area (TPSA) is 97.8 Å². The minimum absolute atomic E-state index is 0.0880. The quantitative estimate of drug-likeness (QED) is 0.355. The van der Waals surface area contributed by atoms with Crippen LogP contribution in [0.25, 0.3) is 16.7 Å². The number of esters is 1. The van der Waals surface area contributed by atoms with Crippen molar-refractivity contribution in [3.05, 3.63) is 82.6 Å². The Bertz CT molecular complexity index is 1550. The standard InChI is InChI=1S/C33H34ClN3O5/c1-20-5-4-6-29(37-14-12-23(18-31(37)38)26-19-24(34)8-10-30(26)41-2)28-17-22(11-13-35-28)25-9-7-21(16-32(39)42-3)15-27(25)36-33(20)40/h7-11,13,15,17-20,29H,4-6,12,14,16H2,1-3H3,(H,36,40)/t20-,29+/m1/s1. The first-order chi connectivity index (χ1) is 20.3. The smallest absolute Gasteiger partial charge is 0.309 e. The molecule has 1 N–H and O–H groups in total. The number of nitrogens with zero attached hydrogens (tertiary/aromatic N) is 2. The number of carbonyl (C=O) groups is 3. The third-order valence-electron chi connectivity index (χ3n) is 8.00. The van der Waals surface area contributed by atoms with E-state index >= 15 is 0 Å². The van der Waals surface area contributed by atoms with Crippen molar-refractivity contribution >= 4 is 40.6 Å². The maximum absolute atomic E-state index is 13.6. The molecule has 8 nitrogen and oxygen atoms in total. The van der Waals surface area contributed by atoms with E-state index in [2.05, 4.69) is 5.32 Å². The average Bonchev–Trinajstić information content (AvgIpc) is 2.99. The number of aromatic nitrogens is 1. The SMILES string of the molecule is COC(=O)Cc1ccc2c(c1)NC(=O)[C@H](C)CCC[C@H](N1CCC(c3cc(Cl)ccc3OC)=CC1=O)c1cc-2ccn1. The van der Waals surface area contributed by atoms with Gasteiger partial charge in [-0.05, 0) is 72.4 Å². The fourth-order valence-corrected chi connectivity index (χ4v) is 5.84. The van der Waals surface area contributed by atoms with Crippen LogP contribution in [0.5, 0.6) is 5.75 Å². The van der Waals surface area contributed by atoms with E-state index in [1.807, 2.05) is 54.3 Å². The molecule has 2 atom stereocenters. The molecule has 218 valence electrons. The predicted octanol–water partition coefficient (Wildman–Crippen LogP) is 6.24. The van der Waals surface area contributed by atoms with Crippen LogP contribution < -0.4 is 10.1 Å². The first-order valence-electron chi connectivity index (χ1n) is 14.1. The van der Waals surface area contributed by atoms with Gasteiger partial charge in [0.2, 0.25) is 11.8 Å². The molecule has 1 aromatic heterocycles. The number of fused-ring (bicyclic) bond motifs is 4. The molecule has 0 fully saturated rings. The van der Waals surface area contributed by atoms with Gasteiger partial charge in [-0.25, -0.2) is 0 Å². The summed E-state index contributed by atoms with van der Waals surface area (Å²) >= 11 is 6.26. The first kappa shape index (κ1) is 29.3. The number of methoxy groups -OCH3 is 2. The molecule has 2 aliphatic rings. The van der Waals surface area contributed by atoms with Gasteiger partial charge in [-0.3, -0.25) is 19.4 Å². The highest BCUT2D eigenvalue weighted by Crippen LogP contribution is 2.38. The molecule has 0 saturated heterocycles. The predicted molar refractivity (Wildman–Crippen MR) is 162 cm³/mol. The van der Waals surface area contributed by atoms with E-state index in [9.17, 15) is 14.4 Å². The zero-order valence-corrected chi connectivity index (χ0v) is 24.7. The van der Waals surface area contributed by atoms with E-state index in [4.69, 9.17) is 26.1 Å². The molecule has 3 heterocycles. The van der Waals surface area contributed by atoms with E-state index in [0.717, 1.165) is 39.9 Å². The normalized spacial score (nSPS) is 19.0. The summed E-state index contributed by atoms with van der Waals surface area (Å²) in [6, 6.07) is 14.6. The second-order valence-electron chi connectivity index (χ2n) is 10.7. The molecule has 0 unspecified atom stereocenters. The number of ether oxygens (including phenoxy) is 2. The lowest BCUT2D eigenvalue weighted by Crippen LogP contribution is -2.38. The summed E-state index contributed by atoms with van der Waals surface area (Å²) in [6.45, 7) is 2.42. The van der Waals surface area contributed by atoms with Crippen LogP contribution in [0.1, 0.15) is 55.5 Å². The number of amides is 2. The summed E-state index contributed by atoms with van der Waals surface area (Å²) in [7, 11) is 2.96. The Morgan fingerprint density at radius 2 is 1.90 bits per heavy atom. The number of nitrogens with one attached hydrogen (secondary N) is 1. The molecule has 0 aliphatic carbocycles. The Balaban J connectivity index is 1.51. The van der Waals surface area contributed by atoms with E-state index < -0.39 is 0 Å². The van der Waals surface area contributed by atoms with Gasteiger partial charge < -0.3 is 19.7 Å². The van der Waals surface area contributed by atoms with Crippen molar-refractivity contribution < 1.29 is 23.9 Å². The Kier molecular flexibility index (Phi) is 8.92. The Morgan fingerprint density at radius 3 is 2.67 bits per heavy atom. The molecule has 2 amide bonds. The van der Waals surface area contributed by atoms with Crippen molar-refractivity contribution in [2.45, 2.75) is 45.1 Å². The molecular formula is C33H34ClN3O5. The second-order valence-corrected chi connectivity index (χ2v) is 11.2. The zero-order valence-electron chi connectivity index (χ0n) is 24.0. The van der Waals surface area contributed by atoms with Gasteiger partial charge in [-0.2, -0.15) is 0 Å². The summed E-state index contributed by atoms with van der Waals surface area (Å²) in [4.78, 5) is 45.3. The van der Waals surface area contributed by atoms with E-state index in [0.29, 0.717) is 42.3 Å². The monoisotopic (exact) mass is 587 g/mol. The third-order valence-corrected chi connectivity index (χ3v) is 8.24. The van der Waals surface area contributed by atoms with Gasteiger partial charge in [-0.15, -0.1) is 0 Å². The van der Waals surface area contributed by atoms with Gasteiger partial charge in [0.15, 0.2) is 0 Å². The minimum Gasteiger partial charge on any atom is -0.496 e. The number of carbonyl (C=O) groups excluding carboxylic acids is 3. The zero-order chi connectivity index (χ0) is 29.8. The van der Waals surface area contributed by atoms with Crippen molar-refractivity contribution in [3.63, 3.8) is 0 Å². The number of anilines is 1. The van der Waals surface area contributed by atoms with Crippen LogP contribution in [0, 0.1) is 5.92 Å². The molecule has 42 heavy (non-hydrogen) atoms. The lowest BCUT2D eigenvalue weighted by atomic mass is 9.92. The largest absolute Gasteiger partial charge is 0.496 e. The number of pyridine rings is 1. The average molecular weight is 588 g/mol. The highest BCUT2D eigenvalue weighted by atomic mass is 35.5. The van der Waals surface area contributed by atoms with Gasteiger partial charge in [0.25, 0.3) is 0 Å². The number of rotatable bonds is 5. The summed E-state index contributed by atoms with van der Waals surface area (Å²) in [6.07, 6.45) is 6.23. The molecule has 0 spiro atoms. The Morgan fingerprint density at radius 1 is 1.07 bits per heavy atom. The van der Waals surface area contributed by atoms with Crippen molar-refractivity contribution in [1.29, 1.82) is 0 Å². The van der Waals surface area contributed by atoms with Crippen molar-refractivity contribution in [2.75, 3.05) is 26.1 Å². The molecule has 2 aliphatic heterocycles. The third kappa shape index (κ3) is 6.34. The van der Waals surface area contributed by atoms with Crippen LogP contribution in [-0.2, 0) is 25.5 Å². The van der Waals surface area contributed by atoms with Gasteiger partial charge in [0.1, 0.15) is 5.75 Å². The molecule has 5 rings (SSSR count). The van der Waals surface area contributed by atoms with Gasteiger partial charge in [0, 0.05) is 46.6 Å². The maximum Gasteiger partial charge on any atom is 0.309 e. The number of benzene rings is 2. The molecule has 3 aromatic rings. The van der Waals surface area contributed by atoms with Crippen molar-refractivity contribution in [2.24, 2.45) is 5.92 Å². The summed E-state index contributed by atoms with van der Waals surface area (Å²) in [5.41, 5.74) is 5.54.